The van der Waals surface area contributed by atoms with Crippen LogP contribution in [0.4, 0.5) is 11.4 Å². The molecule has 1 N–H and O–H groups in total. The molecule has 0 spiro atoms. The number of carbonyl (C=O) groups excluding carboxylic acids is 1. The average Bonchev–Trinajstić information content (AvgIpc) is 2.59. The number of hydrogen-bond acceptors (Lipinski definition) is 3. The molecule has 0 saturated heterocycles. The van der Waals surface area contributed by atoms with Gasteiger partial charge in [-0.05, 0) is 36.6 Å². The van der Waals surface area contributed by atoms with E-state index in [1.165, 1.54) is 5.56 Å². The van der Waals surface area contributed by atoms with Gasteiger partial charge in [-0.15, -0.1) is 0 Å². The molecular weight excluding hydrogens is 286 g/mol. The van der Waals surface area contributed by atoms with Crippen molar-refractivity contribution in [3.63, 3.8) is 0 Å². The Bertz CT molecular complexity index is 655. The summed E-state index contributed by atoms with van der Waals surface area (Å²) in [7, 11) is 1.83. The van der Waals surface area contributed by atoms with Gasteiger partial charge in [0, 0.05) is 31.2 Å². The highest BCUT2D eigenvalue weighted by atomic mass is 16.2. The molecule has 1 heterocycles. The summed E-state index contributed by atoms with van der Waals surface area (Å²) >= 11 is 0. The summed E-state index contributed by atoms with van der Waals surface area (Å²) in [6.07, 6.45) is 4.71. The van der Waals surface area contributed by atoms with E-state index in [1.54, 1.807) is 11.1 Å². The predicted molar refractivity (Wildman–Crippen MR) is 95.2 cm³/mol. The fourth-order valence-corrected chi connectivity index (χ4v) is 2.42. The van der Waals surface area contributed by atoms with Gasteiger partial charge >= 0.3 is 0 Å². The van der Waals surface area contributed by atoms with Crippen LogP contribution in [0.3, 0.4) is 0 Å². The Hall–Kier alpha value is -2.36. The molecule has 4 heteroatoms. The lowest BCUT2D eigenvalue weighted by atomic mass is 10.1. The molecule has 0 unspecified atom stereocenters. The zero-order valence-electron chi connectivity index (χ0n) is 14.2. The Morgan fingerprint density at radius 1 is 1.22 bits per heavy atom. The van der Waals surface area contributed by atoms with Gasteiger partial charge in [-0.25, -0.2) is 0 Å². The molecule has 0 radical (unpaired) electrons. The monoisotopic (exact) mass is 311 g/mol. The van der Waals surface area contributed by atoms with Crippen molar-refractivity contribution in [3.05, 3.63) is 53.9 Å². The van der Waals surface area contributed by atoms with Crippen LogP contribution in [-0.4, -0.2) is 29.4 Å². The first-order valence-electron chi connectivity index (χ1n) is 8.22. The van der Waals surface area contributed by atoms with E-state index in [2.05, 4.69) is 30.2 Å². The van der Waals surface area contributed by atoms with Gasteiger partial charge in [-0.1, -0.05) is 38.5 Å². The zero-order valence-corrected chi connectivity index (χ0v) is 14.2. The average molecular weight is 311 g/mol. The van der Waals surface area contributed by atoms with E-state index in [4.69, 9.17) is 0 Å². The van der Waals surface area contributed by atoms with Gasteiger partial charge < -0.3 is 10.2 Å². The zero-order chi connectivity index (χ0) is 16.7. The van der Waals surface area contributed by atoms with Gasteiger partial charge in [-0.3, -0.25) is 9.78 Å². The first kappa shape index (κ1) is 17.0. The number of anilines is 2. The number of para-hydroxylation sites is 1. The minimum absolute atomic E-state index is 0.0362. The lowest BCUT2D eigenvalue weighted by Crippen LogP contribution is -2.28. The maximum atomic E-state index is 12.4. The molecule has 1 aromatic carbocycles. The Morgan fingerprint density at radius 2 is 2.00 bits per heavy atom. The van der Waals surface area contributed by atoms with Crippen LogP contribution < -0.4 is 5.32 Å². The number of rotatable bonds is 7. The quantitative estimate of drug-likeness (QED) is 0.831. The van der Waals surface area contributed by atoms with Crippen LogP contribution in [-0.2, 0) is 6.42 Å². The molecule has 1 amide bonds. The van der Waals surface area contributed by atoms with Gasteiger partial charge in [-0.2, -0.15) is 0 Å². The third kappa shape index (κ3) is 4.55. The van der Waals surface area contributed by atoms with Crippen molar-refractivity contribution in [1.82, 2.24) is 9.88 Å². The van der Waals surface area contributed by atoms with Gasteiger partial charge in [0.1, 0.15) is 5.69 Å². The molecule has 122 valence electrons. The molecule has 0 aliphatic rings. The summed E-state index contributed by atoms with van der Waals surface area (Å²) in [6.45, 7) is 5.00. The van der Waals surface area contributed by atoms with E-state index in [0.717, 1.165) is 37.2 Å². The number of carbonyl (C=O) groups is 1. The van der Waals surface area contributed by atoms with Crippen molar-refractivity contribution < 1.29 is 4.79 Å². The van der Waals surface area contributed by atoms with Crippen LogP contribution in [0.25, 0.3) is 0 Å². The molecule has 0 saturated carbocycles. The van der Waals surface area contributed by atoms with Crippen LogP contribution in [0.2, 0.25) is 0 Å². The number of aryl methyl sites for hydroxylation is 1. The molecule has 2 aromatic rings. The standard InChI is InChI=1S/C19H25N3O/c1-4-6-13-22(3)19(23)18-14-16(11-12-20-18)21-17-10-8-7-9-15(17)5-2/h7-12,14H,4-6,13H2,1-3H3,(H,20,21). The fraction of sp³-hybridized carbons (Fsp3) is 0.368. The molecule has 0 fully saturated rings. The molecule has 23 heavy (non-hydrogen) atoms. The van der Waals surface area contributed by atoms with Crippen molar-refractivity contribution >= 4 is 17.3 Å². The largest absolute Gasteiger partial charge is 0.355 e. The van der Waals surface area contributed by atoms with Gasteiger partial charge in [0.25, 0.3) is 5.91 Å². The molecule has 1 aromatic heterocycles. The third-order valence-corrected chi connectivity index (χ3v) is 3.85. The number of pyridine rings is 1. The predicted octanol–water partition coefficient (Wildman–Crippen LogP) is 4.26. The summed E-state index contributed by atoms with van der Waals surface area (Å²) in [5.74, 6) is -0.0362. The normalized spacial score (nSPS) is 10.4. The van der Waals surface area contributed by atoms with Crippen molar-refractivity contribution in [2.75, 3.05) is 18.9 Å². The van der Waals surface area contributed by atoms with Crippen molar-refractivity contribution in [2.45, 2.75) is 33.1 Å². The van der Waals surface area contributed by atoms with E-state index in [0.29, 0.717) is 5.69 Å². The maximum Gasteiger partial charge on any atom is 0.272 e. The summed E-state index contributed by atoms with van der Waals surface area (Å²) in [4.78, 5) is 18.4. The second-order valence-electron chi connectivity index (χ2n) is 5.65. The molecule has 0 bridgehead atoms. The lowest BCUT2D eigenvalue weighted by molar-refractivity contribution is 0.0787. The summed E-state index contributed by atoms with van der Waals surface area (Å²) in [6, 6.07) is 11.9. The Morgan fingerprint density at radius 3 is 2.74 bits per heavy atom. The maximum absolute atomic E-state index is 12.4. The van der Waals surface area contributed by atoms with Crippen LogP contribution in [0.1, 0.15) is 42.7 Å². The molecule has 0 aliphatic heterocycles. The Balaban J connectivity index is 2.15. The van der Waals surface area contributed by atoms with Gasteiger partial charge in [0.05, 0.1) is 0 Å². The van der Waals surface area contributed by atoms with Crippen molar-refractivity contribution in [1.29, 1.82) is 0 Å². The van der Waals surface area contributed by atoms with Crippen LogP contribution >= 0.6 is 0 Å². The number of benzene rings is 1. The first-order valence-corrected chi connectivity index (χ1v) is 8.22. The highest BCUT2D eigenvalue weighted by Gasteiger charge is 2.13. The number of amides is 1. The number of nitrogens with one attached hydrogen (secondary N) is 1. The smallest absolute Gasteiger partial charge is 0.272 e. The lowest BCUT2D eigenvalue weighted by Gasteiger charge is -2.17. The van der Waals surface area contributed by atoms with Crippen LogP contribution in [0.5, 0.6) is 0 Å². The SMILES string of the molecule is CCCCN(C)C(=O)c1cc(Nc2ccccc2CC)ccn1. The van der Waals surface area contributed by atoms with E-state index >= 15 is 0 Å². The third-order valence-electron chi connectivity index (χ3n) is 3.85. The van der Waals surface area contributed by atoms with Crippen LogP contribution in [0.15, 0.2) is 42.6 Å². The topological polar surface area (TPSA) is 45.2 Å². The second-order valence-corrected chi connectivity index (χ2v) is 5.65. The molecule has 0 aliphatic carbocycles. The molecule has 2 rings (SSSR count). The highest BCUT2D eigenvalue weighted by molar-refractivity contribution is 5.93. The minimum atomic E-state index is -0.0362. The number of nitrogens with zero attached hydrogens (tertiary/aromatic N) is 2. The molecule has 4 nitrogen and oxygen atoms in total. The Labute approximate surface area is 138 Å². The van der Waals surface area contributed by atoms with Crippen molar-refractivity contribution in [2.24, 2.45) is 0 Å². The number of unbranched alkanes of at least 4 members (excludes halogenated alkanes) is 1. The minimum Gasteiger partial charge on any atom is -0.355 e. The van der Waals surface area contributed by atoms with E-state index in [-0.39, 0.29) is 5.91 Å². The fourth-order valence-electron chi connectivity index (χ4n) is 2.42. The second kappa shape index (κ2) is 8.32. The number of aromatic nitrogens is 1. The van der Waals surface area contributed by atoms with E-state index in [1.807, 2.05) is 37.4 Å². The number of hydrogen-bond donors (Lipinski definition) is 1. The first-order chi connectivity index (χ1) is 11.2. The Kier molecular flexibility index (Phi) is 6.15. The van der Waals surface area contributed by atoms with Crippen molar-refractivity contribution in [3.8, 4) is 0 Å². The highest BCUT2D eigenvalue weighted by Crippen LogP contribution is 2.21. The van der Waals surface area contributed by atoms with Gasteiger partial charge in [0.2, 0.25) is 0 Å². The van der Waals surface area contributed by atoms with Crippen LogP contribution in [0, 0.1) is 0 Å². The van der Waals surface area contributed by atoms with E-state index < -0.39 is 0 Å². The molecule has 0 atom stereocenters. The summed E-state index contributed by atoms with van der Waals surface area (Å²) in [5.41, 5.74) is 3.67. The molecular formula is C19H25N3O. The van der Waals surface area contributed by atoms with Gasteiger partial charge in [0.15, 0.2) is 0 Å². The van der Waals surface area contributed by atoms with E-state index in [9.17, 15) is 4.79 Å². The summed E-state index contributed by atoms with van der Waals surface area (Å²) < 4.78 is 0. The summed E-state index contributed by atoms with van der Waals surface area (Å²) in [5, 5.41) is 3.39.